The van der Waals surface area contributed by atoms with Crippen molar-refractivity contribution in [2.24, 2.45) is 0 Å². The number of anilines is 8. The Balaban J connectivity index is 0.000000148. The minimum atomic E-state index is -3.24. The molecule has 9 heteroatoms. The average Bonchev–Trinajstić information content (AvgIpc) is 3.71. The van der Waals surface area contributed by atoms with Crippen molar-refractivity contribution in [1.29, 1.82) is 0 Å². The molecule has 8 aromatic carbocycles. The SMILES string of the molecule is O=P1(c2ccccc2)N(c2ccccc2)c2ccc(Br)cc2N1c1ccccc1.O=P1(c2ccccc2)N(c2ccccc2)c2ccccc2N1c1ccccc1. The highest BCUT2D eigenvalue weighted by molar-refractivity contribution is 9.10. The first-order chi connectivity index (χ1) is 28.0. The molecule has 2 aliphatic heterocycles. The second-order valence-corrected chi connectivity index (χ2v) is 19.2. The topological polar surface area (TPSA) is 47.1 Å². The van der Waals surface area contributed by atoms with Gasteiger partial charge in [0, 0.05) is 27.2 Å². The fourth-order valence-electron chi connectivity index (χ4n) is 7.60. The van der Waals surface area contributed by atoms with Gasteiger partial charge in [0.15, 0.2) is 0 Å². The molecule has 2 aliphatic rings. The van der Waals surface area contributed by atoms with Crippen LogP contribution >= 0.6 is 30.8 Å². The van der Waals surface area contributed by atoms with E-state index in [0.717, 1.165) is 60.6 Å². The zero-order valence-electron chi connectivity index (χ0n) is 30.7. The van der Waals surface area contributed by atoms with Gasteiger partial charge in [0.05, 0.1) is 33.4 Å². The molecule has 10 rings (SSSR count). The van der Waals surface area contributed by atoms with Crippen LogP contribution in [0.1, 0.15) is 0 Å². The number of para-hydroxylation sites is 6. The van der Waals surface area contributed by atoms with Gasteiger partial charge in [0.1, 0.15) is 0 Å². The molecule has 1 atom stereocenters. The molecule has 0 amide bonds. The summed E-state index contributed by atoms with van der Waals surface area (Å²) < 4.78 is 39.0. The second-order valence-electron chi connectivity index (χ2n) is 13.5. The molecule has 2 heterocycles. The van der Waals surface area contributed by atoms with E-state index < -0.39 is 14.9 Å². The smallest absolute Gasteiger partial charge is 0.270 e. The van der Waals surface area contributed by atoms with E-state index in [0.29, 0.717) is 0 Å². The first-order valence-electron chi connectivity index (χ1n) is 18.6. The molecule has 57 heavy (non-hydrogen) atoms. The zero-order valence-corrected chi connectivity index (χ0v) is 34.1. The first kappa shape index (κ1) is 36.5. The fraction of sp³-hybridized carbons (Fsp3) is 0. The van der Waals surface area contributed by atoms with E-state index in [2.05, 4.69) is 15.9 Å². The van der Waals surface area contributed by atoms with Crippen LogP contribution in [0, 0.1) is 0 Å². The minimum Gasteiger partial charge on any atom is -0.270 e. The van der Waals surface area contributed by atoms with Gasteiger partial charge in [-0.25, -0.2) is 0 Å². The number of hydrogen-bond acceptors (Lipinski definition) is 2. The van der Waals surface area contributed by atoms with Crippen molar-refractivity contribution in [2.75, 3.05) is 18.7 Å². The van der Waals surface area contributed by atoms with Crippen LogP contribution in [0.5, 0.6) is 0 Å². The molecule has 6 nitrogen and oxygen atoms in total. The highest BCUT2D eigenvalue weighted by Crippen LogP contribution is 2.71. The summed E-state index contributed by atoms with van der Waals surface area (Å²) in [5, 5.41) is 1.60. The zero-order chi connectivity index (χ0) is 38.8. The van der Waals surface area contributed by atoms with Crippen molar-refractivity contribution in [2.45, 2.75) is 0 Å². The van der Waals surface area contributed by atoms with Crippen LogP contribution < -0.4 is 29.3 Å². The van der Waals surface area contributed by atoms with Gasteiger partial charge in [0.2, 0.25) is 0 Å². The molecule has 0 aliphatic carbocycles. The quantitative estimate of drug-likeness (QED) is 0.155. The molecule has 0 aromatic heterocycles. The van der Waals surface area contributed by atoms with Crippen molar-refractivity contribution in [3.63, 3.8) is 0 Å². The molecule has 278 valence electrons. The van der Waals surface area contributed by atoms with E-state index in [1.807, 2.05) is 243 Å². The number of benzene rings is 8. The molecule has 0 saturated carbocycles. The molecule has 0 N–H and O–H groups in total. The molecule has 0 saturated heterocycles. The van der Waals surface area contributed by atoms with Crippen molar-refractivity contribution in [3.8, 4) is 0 Å². The summed E-state index contributed by atoms with van der Waals surface area (Å²) in [6.07, 6.45) is 0. The standard InChI is InChI=1S/C24H18BrN2OP.C24H19N2OP/c25-19-16-17-23-24(18-19)27(21-12-6-2-7-13-21)29(28,22-14-8-3-9-15-22)26(23)20-10-4-1-5-11-20;27-28(22-16-8-3-9-17-22)25(20-12-4-1-5-13-20)23-18-10-11-19-24(23)26(28)21-14-6-2-7-15-21/h1-18H;1-19H. The lowest BCUT2D eigenvalue weighted by molar-refractivity contribution is 0.581. The van der Waals surface area contributed by atoms with Crippen molar-refractivity contribution in [1.82, 2.24) is 0 Å². The Morgan fingerprint density at radius 3 is 0.895 bits per heavy atom. The van der Waals surface area contributed by atoms with E-state index in [4.69, 9.17) is 0 Å². The van der Waals surface area contributed by atoms with Crippen molar-refractivity contribution < 1.29 is 9.13 Å². The third-order valence-corrected chi connectivity index (χ3v) is 16.4. The van der Waals surface area contributed by atoms with Gasteiger partial charge in [-0.2, -0.15) is 0 Å². The predicted octanol–water partition coefficient (Wildman–Crippen LogP) is 13.8. The number of halogens is 1. The summed E-state index contributed by atoms with van der Waals surface area (Å²) >= 11 is 3.60. The minimum absolute atomic E-state index is 0.792. The fourth-order valence-corrected chi connectivity index (χ4v) is 14.0. The maximum absolute atomic E-state index is 15.1. The lowest BCUT2D eigenvalue weighted by atomic mass is 10.2. The summed E-state index contributed by atoms with van der Waals surface area (Å²) in [6, 6.07) is 73.5. The number of nitrogens with zero attached hydrogens (tertiary/aromatic N) is 4. The van der Waals surface area contributed by atoms with Crippen LogP contribution in [-0.2, 0) is 9.13 Å². The monoisotopic (exact) mass is 842 g/mol. The van der Waals surface area contributed by atoms with Gasteiger partial charge in [-0.3, -0.25) is 27.8 Å². The molecular weight excluding hydrogens is 806 g/mol. The number of hydrogen-bond donors (Lipinski definition) is 0. The summed E-state index contributed by atoms with van der Waals surface area (Å²) in [6.45, 7) is 0. The van der Waals surface area contributed by atoms with Crippen molar-refractivity contribution >= 4 is 86.9 Å². The Labute approximate surface area is 342 Å². The van der Waals surface area contributed by atoms with Gasteiger partial charge in [-0.15, -0.1) is 0 Å². The van der Waals surface area contributed by atoms with E-state index in [1.54, 1.807) is 0 Å². The summed E-state index contributed by atoms with van der Waals surface area (Å²) in [7, 11) is -6.44. The Hall–Kier alpha value is -6.10. The molecular formula is C48H37BrN4O2P2. The van der Waals surface area contributed by atoms with Crippen LogP contribution in [0.15, 0.2) is 229 Å². The molecule has 0 fully saturated rings. The Bertz CT molecular complexity index is 2660. The van der Waals surface area contributed by atoms with E-state index in [1.165, 1.54) is 0 Å². The summed E-state index contributed by atoms with van der Waals surface area (Å²) in [5.41, 5.74) is 7.38. The molecule has 0 radical (unpaired) electrons. The third kappa shape index (κ3) is 6.39. The highest BCUT2D eigenvalue weighted by atomic mass is 79.9. The maximum atomic E-state index is 15.1. The van der Waals surface area contributed by atoms with Gasteiger partial charge in [-0.05, 0) is 103 Å². The van der Waals surface area contributed by atoms with Gasteiger partial charge >= 0.3 is 14.9 Å². The van der Waals surface area contributed by atoms with E-state index >= 15 is 4.57 Å². The molecule has 0 spiro atoms. The Morgan fingerprint density at radius 1 is 0.298 bits per heavy atom. The van der Waals surface area contributed by atoms with Gasteiger partial charge in [-0.1, -0.05) is 137 Å². The molecule has 0 bridgehead atoms. The summed E-state index contributed by atoms with van der Waals surface area (Å²) in [4.78, 5) is 0. The lowest BCUT2D eigenvalue weighted by Crippen LogP contribution is -2.26. The van der Waals surface area contributed by atoms with Gasteiger partial charge in [0.25, 0.3) is 0 Å². The van der Waals surface area contributed by atoms with Crippen LogP contribution in [0.25, 0.3) is 0 Å². The average molecular weight is 844 g/mol. The summed E-state index contributed by atoms with van der Waals surface area (Å²) in [5.74, 6) is 0. The maximum Gasteiger partial charge on any atom is 0.301 e. The predicted molar refractivity (Wildman–Crippen MR) is 242 cm³/mol. The Morgan fingerprint density at radius 2 is 0.561 bits per heavy atom. The van der Waals surface area contributed by atoms with Crippen LogP contribution in [-0.4, -0.2) is 0 Å². The number of fused-ring (bicyclic) bond motifs is 2. The van der Waals surface area contributed by atoms with Crippen molar-refractivity contribution in [3.05, 3.63) is 229 Å². The van der Waals surface area contributed by atoms with E-state index in [9.17, 15) is 4.57 Å². The normalized spacial score (nSPS) is 16.4. The lowest BCUT2D eigenvalue weighted by Gasteiger charge is -2.33. The van der Waals surface area contributed by atoms with Crippen LogP contribution in [0.4, 0.5) is 45.5 Å². The molecule has 1 unspecified atom stereocenters. The van der Waals surface area contributed by atoms with Gasteiger partial charge < -0.3 is 0 Å². The van der Waals surface area contributed by atoms with Crippen LogP contribution in [0.3, 0.4) is 0 Å². The Kier molecular flexibility index (Phi) is 9.90. The highest BCUT2D eigenvalue weighted by Gasteiger charge is 2.50. The second kappa shape index (κ2) is 15.4. The third-order valence-electron chi connectivity index (χ3n) is 10.0. The molecule has 8 aromatic rings. The number of rotatable bonds is 6. The van der Waals surface area contributed by atoms with Crippen LogP contribution in [0.2, 0.25) is 0 Å². The first-order valence-corrected chi connectivity index (χ1v) is 22.6. The van der Waals surface area contributed by atoms with E-state index in [-0.39, 0.29) is 0 Å². The largest absolute Gasteiger partial charge is 0.301 e.